The number of halogens is 1. The summed E-state index contributed by atoms with van der Waals surface area (Å²) < 4.78 is 1.17. The largest absolute Gasteiger partial charge is 0.309 e. The van der Waals surface area contributed by atoms with Crippen molar-refractivity contribution in [3.05, 3.63) is 36.9 Å². The van der Waals surface area contributed by atoms with Gasteiger partial charge in [0.05, 0.1) is 10.7 Å². The first-order valence-corrected chi connectivity index (χ1v) is 9.87. The average Bonchev–Trinajstić information content (AvgIpc) is 3.02. The van der Waals surface area contributed by atoms with Crippen LogP contribution in [0.15, 0.2) is 21.3 Å². The van der Waals surface area contributed by atoms with Gasteiger partial charge < -0.3 is 5.32 Å². The highest BCUT2D eigenvalue weighted by atomic mass is 79.9. The number of nitrogens with one attached hydrogen (secondary N) is 1. The van der Waals surface area contributed by atoms with Gasteiger partial charge in [-0.3, -0.25) is 0 Å². The smallest absolute Gasteiger partial charge is 0.0947 e. The molecule has 5 heteroatoms. The lowest BCUT2D eigenvalue weighted by atomic mass is 9.93. The van der Waals surface area contributed by atoms with E-state index in [0.717, 1.165) is 19.4 Å². The Hall–Kier alpha value is -0.230. The van der Waals surface area contributed by atoms with Crippen molar-refractivity contribution >= 4 is 38.6 Å². The van der Waals surface area contributed by atoms with Crippen LogP contribution in [0.1, 0.15) is 55.7 Å². The number of thiazole rings is 1. The second-order valence-electron chi connectivity index (χ2n) is 6.25. The molecular formula is C16H23BrN2S2. The zero-order chi connectivity index (χ0) is 15.5. The molecule has 0 radical (unpaired) electrons. The van der Waals surface area contributed by atoms with Crippen LogP contribution < -0.4 is 5.32 Å². The van der Waals surface area contributed by atoms with Gasteiger partial charge in [0.2, 0.25) is 0 Å². The third kappa shape index (κ3) is 4.88. The number of aromatic nitrogens is 1. The molecule has 0 amide bonds. The SMILES string of the molecule is CCCNC(Cc1nc(C(C)(C)C)cs1)c1cc(Br)cs1. The quantitative estimate of drug-likeness (QED) is 0.703. The molecule has 116 valence electrons. The Morgan fingerprint density at radius 1 is 1.29 bits per heavy atom. The van der Waals surface area contributed by atoms with Gasteiger partial charge in [-0.1, -0.05) is 27.7 Å². The van der Waals surface area contributed by atoms with Crippen LogP contribution >= 0.6 is 38.6 Å². The molecular weight excluding hydrogens is 364 g/mol. The molecule has 0 aromatic carbocycles. The van der Waals surface area contributed by atoms with Crippen molar-refractivity contribution in [3.8, 4) is 0 Å². The summed E-state index contributed by atoms with van der Waals surface area (Å²) in [6.07, 6.45) is 2.11. The van der Waals surface area contributed by atoms with Gasteiger partial charge in [0.1, 0.15) is 0 Å². The molecule has 0 saturated heterocycles. The minimum Gasteiger partial charge on any atom is -0.309 e. The van der Waals surface area contributed by atoms with Crippen molar-refractivity contribution in [1.82, 2.24) is 10.3 Å². The van der Waals surface area contributed by atoms with Gasteiger partial charge in [-0.05, 0) is 35.0 Å². The van der Waals surface area contributed by atoms with Crippen LogP contribution in [0.5, 0.6) is 0 Å². The molecule has 0 spiro atoms. The fraction of sp³-hybridized carbons (Fsp3) is 0.562. The van der Waals surface area contributed by atoms with E-state index in [1.54, 1.807) is 11.3 Å². The first-order chi connectivity index (χ1) is 9.90. The summed E-state index contributed by atoms with van der Waals surface area (Å²) in [5.41, 5.74) is 1.33. The van der Waals surface area contributed by atoms with E-state index < -0.39 is 0 Å². The van der Waals surface area contributed by atoms with Crippen LogP contribution in [0.4, 0.5) is 0 Å². The van der Waals surface area contributed by atoms with E-state index in [0.29, 0.717) is 6.04 Å². The van der Waals surface area contributed by atoms with E-state index in [4.69, 9.17) is 4.98 Å². The molecule has 2 rings (SSSR count). The first-order valence-electron chi connectivity index (χ1n) is 7.32. The highest BCUT2D eigenvalue weighted by molar-refractivity contribution is 9.10. The Bertz CT molecular complexity index is 569. The summed E-state index contributed by atoms with van der Waals surface area (Å²) in [5, 5.41) is 9.23. The van der Waals surface area contributed by atoms with Crippen LogP contribution in [0.3, 0.4) is 0 Å². The van der Waals surface area contributed by atoms with Crippen molar-refractivity contribution in [2.24, 2.45) is 0 Å². The summed E-state index contributed by atoms with van der Waals surface area (Å²) in [6.45, 7) is 9.90. The normalized spacial score (nSPS) is 13.6. The second-order valence-corrected chi connectivity index (χ2v) is 9.06. The Labute approximate surface area is 144 Å². The van der Waals surface area contributed by atoms with E-state index in [1.165, 1.54) is 20.1 Å². The van der Waals surface area contributed by atoms with E-state index in [1.807, 2.05) is 11.3 Å². The van der Waals surface area contributed by atoms with E-state index >= 15 is 0 Å². The number of thiophene rings is 1. The maximum absolute atomic E-state index is 4.83. The average molecular weight is 387 g/mol. The van der Waals surface area contributed by atoms with Crippen molar-refractivity contribution in [1.29, 1.82) is 0 Å². The predicted octanol–water partition coefficient (Wildman–Crippen LogP) is 5.55. The van der Waals surface area contributed by atoms with Gasteiger partial charge in [0.15, 0.2) is 0 Å². The molecule has 2 nitrogen and oxygen atoms in total. The van der Waals surface area contributed by atoms with Gasteiger partial charge in [-0.15, -0.1) is 22.7 Å². The molecule has 2 aromatic heterocycles. The topological polar surface area (TPSA) is 24.9 Å². The summed E-state index contributed by atoms with van der Waals surface area (Å²) in [7, 11) is 0. The van der Waals surface area contributed by atoms with Crippen LogP contribution in [0.25, 0.3) is 0 Å². The van der Waals surface area contributed by atoms with Crippen LogP contribution in [-0.2, 0) is 11.8 Å². The second kappa shape index (κ2) is 7.36. The highest BCUT2D eigenvalue weighted by Gasteiger charge is 2.20. The summed E-state index contributed by atoms with van der Waals surface area (Å²) in [4.78, 5) is 6.21. The fourth-order valence-corrected chi connectivity index (χ4v) is 4.62. The monoisotopic (exact) mass is 386 g/mol. The van der Waals surface area contributed by atoms with Crippen molar-refractivity contribution in [2.75, 3.05) is 6.54 Å². The minimum absolute atomic E-state index is 0.132. The Balaban J connectivity index is 2.13. The zero-order valence-electron chi connectivity index (χ0n) is 13.1. The van der Waals surface area contributed by atoms with Crippen molar-refractivity contribution in [3.63, 3.8) is 0 Å². The molecule has 2 heterocycles. The van der Waals surface area contributed by atoms with Gasteiger partial charge in [-0.2, -0.15) is 0 Å². The van der Waals surface area contributed by atoms with Gasteiger partial charge >= 0.3 is 0 Å². The molecule has 0 aliphatic heterocycles. The molecule has 0 aliphatic carbocycles. The molecule has 1 unspecified atom stereocenters. The zero-order valence-corrected chi connectivity index (χ0v) is 16.3. The lowest BCUT2D eigenvalue weighted by Crippen LogP contribution is -2.23. The van der Waals surface area contributed by atoms with E-state index in [9.17, 15) is 0 Å². The number of nitrogens with zero attached hydrogens (tertiary/aromatic N) is 1. The Morgan fingerprint density at radius 2 is 2.05 bits per heavy atom. The van der Waals surface area contributed by atoms with Crippen molar-refractivity contribution in [2.45, 2.75) is 52.0 Å². The van der Waals surface area contributed by atoms with Crippen molar-refractivity contribution < 1.29 is 0 Å². The lowest BCUT2D eigenvalue weighted by Gasteiger charge is -2.16. The van der Waals surface area contributed by atoms with Crippen LogP contribution in [0.2, 0.25) is 0 Å². The molecule has 0 aliphatic rings. The maximum atomic E-state index is 4.83. The number of hydrogen-bond donors (Lipinski definition) is 1. The maximum Gasteiger partial charge on any atom is 0.0947 e. The standard InChI is InChI=1S/C16H23BrN2S2/c1-5-6-18-12(13-7-11(17)9-20-13)8-15-19-14(10-21-15)16(2,3)4/h7,9-10,12,18H,5-6,8H2,1-4H3. The van der Waals surface area contributed by atoms with Gasteiger partial charge in [0.25, 0.3) is 0 Å². The molecule has 1 N–H and O–H groups in total. The highest BCUT2D eigenvalue weighted by Crippen LogP contribution is 2.30. The van der Waals surface area contributed by atoms with Crippen LogP contribution in [-0.4, -0.2) is 11.5 Å². The number of rotatable bonds is 6. The first kappa shape index (κ1) is 17.1. The molecule has 21 heavy (non-hydrogen) atoms. The molecule has 2 aromatic rings. The molecule has 0 bridgehead atoms. The molecule has 0 saturated carbocycles. The van der Waals surface area contributed by atoms with Crippen LogP contribution in [0, 0.1) is 0 Å². The van der Waals surface area contributed by atoms with E-state index in [-0.39, 0.29) is 5.41 Å². The Morgan fingerprint density at radius 3 is 2.57 bits per heavy atom. The third-order valence-electron chi connectivity index (χ3n) is 3.27. The fourth-order valence-electron chi connectivity index (χ4n) is 2.03. The number of hydrogen-bond acceptors (Lipinski definition) is 4. The van der Waals surface area contributed by atoms with Gasteiger partial charge in [0, 0.05) is 38.0 Å². The molecule has 0 fully saturated rings. The molecule has 1 atom stereocenters. The van der Waals surface area contributed by atoms with E-state index in [2.05, 4.69) is 65.8 Å². The third-order valence-corrected chi connectivity index (χ3v) is 5.95. The minimum atomic E-state index is 0.132. The predicted molar refractivity (Wildman–Crippen MR) is 97.6 cm³/mol. The summed E-state index contributed by atoms with van der Waals surface area (Å²) in [5.74, 6) is 0. The van der Waals surface area contributed by atoms with Gasteiger partial charge in [-0.25, -0.2) is 4.98 Å². The lowest BCUT2D eigenvalue weighted by molar-refractivity contribution is 0.529. The summed E-state index contributed by atoms with van der Waals surface area (Å²) >= 11 is 7.14. The summed E-state index contributed by atoms with van der Waals surface area (Å²) in [6, 6.07) is 2.58. The Kier molecular flexibility index (Phi) is 6.00.